The van der Waals surface area contributed by atoms with E-state index >= 15 is 0 Å². The topological polar surface area (TPSA) is 76.1 Å². The van der Waals surface area contributed by atoms with E-state index < -0.39 is 0 Å². The first-order chi connectivity index (χ1) is 11.2. The average Bonchev–Trinajstić information content (AvgIpc) is 3.04. The van der Waals surface area contributed by atoms with Gasteiger partial charge >= 0.3 is 6.03 Å². The Morgan fingerprint density at radius 1 is 1.04 bits per heavy atom. The third-order valence-electron chi connectivity index (χ3n) is 2.99. The Morgan fingerprint density at radius 3 is 2.65 bits per heavy atom. The summed E-state index contributed by atoms with van der Waals surface area (Å²) in [6.07, 6.45) is 0. The molecule has 2 amide bonds. The summed E-state index contributed by atoms with van der Waals surface area (Å²) in [5, 5.41) is 14.6. The molecule has 7 heteroatoms. The molecule has 3 rings (SSSR count). The van der Waals surface area contributed by atoms with Crippen LogP contribution in [0.2, 0.25) is 0 Å². The van der Waals surface area contributed by atoms with Crippen LogP contribution in [-0.2, 0) is 0 Å². The third kappa shape index (κ3) is 3.83. The number of benzene rings is 2. The van der Waals surface area contributed by atoms with Gasteiger partial charge in [-0.2, -0.15) is 0 Å². The minimum absolute atomic E-state index is 0.357. The largest absolute Gasteiger partial charge is 0.497 e. The van der Waals surface area contributed by atoms with Crippen molar-refractivity contribution in [2.45, 2.75) is 0 Å². The number of carbonyl (C=O) groups excluding carboxylic acids is 1. The van der Waals surface area contributed by atoms with E-state index in [1.165, 1.54) is 11.3 Å². The molecule has 0 atom stereocenters. The van der Waals surface area contributed by atoms with E-state index in [9.17, 15) is 4.79 Å². The number of ether oxygens (including phenoxy) is 1. The average molecular weight is 326 g/mol. The van der Waals surface area contributed by atoms with Gasteiger partial charge in [0.2, 0.25) is 5.13 Å². The van der Waals surface area contributed by atoms with E-state index in [0.717, 1.165) is 11.3 Å². The van der Waals surface area contributed by atoms with Crippen molar-refractivity contribution in [2.75, 3.05) is 17.7 Å². The highest BCUT2D eigenvalue weighted by molar-refractivity contribution is 7.18. The van der Waals surface area contributed by atoms with Crippen molar-refractivity contribution in [3.63, 3.8) is 0 Å². The van der Waals surface area contributed by atoms with Crippen LogP contribution in [0.25, 0.3) is 10.6 Å². The normalized spacial score (nSPS) is 10.1. The molecule has 0 aliphatic rings. The highest BCUT2D eigenvalue weighted by Gasteiger charge is 2.10. The van der Waals surface area contributed by atoms with E-state index in [1.54, 1.807) is 19.2 Å². The molecule has 6 nitrogen and oxygen atoms in total. The second-order valence-corrected chi connectivity index (χ2v) is 5.57. The van der Waals surface area contributed by atoms with Crippen molar-refractivity contribution >= 4 is 28.2 Å². The van der Waals surface area contributed by atoms with Gasteiger partial charge in [0.05, 0.1) is 7.11 Å². The van der Waals surface area contributed by atoms with E-state index in [-0.39, 0.29) is 6.03 Å². The summed E-state index contributed by atoms with van der Waals surface area (Å²) in [6, 6.07) is 16.4. The lowest BCUT2D eigenvalue weighted by Crippen LogP contribution is -2.19. The fourth-order valence-electron chi connectivity index (χ4n) is 1.93. The molecule has 3 aromatic rings. The van der Waals surface area contributed by atoms with Crippen molar-refractivity contribution in [1.82, 2.24) is 10.2 Å². The van der Waals surface area contributed by atoms with Crippen LogP contribution in [0.15, 0.2) is 54.6 Å². The predicted octanol–water partition coefficient (Wildman–Crippen LogP) is 3.86. The zero-order valence-corrected chi connectivity index (χ0v) is 13.1. The molecule has 0 saturated carbocycles. The number of nitrogens with zero attached hydrogens (tertiary/aromatic N) is 2. The molecule has 1 aromatic heterocycles. The summed E-state index contributed by atoms with van der Waals surface area (Å²) >= 11 is 1.29. The van der Waals surface area contributed by atoms with Gasteiger partial charge in [-0.05, 0) is 24.3 Å². The van der Waals surface area contributed by atoms with E-state index in [2.05, 4.69) is 20.8 Å². The van der Waals surface area contributed by atoms with Gasteiger partial charge in [-0.1, -0.05) is 41.7 Å². The first-order valence-corrected chi connectivity index (χ1v) is 7.67. The summed E-state index contributed by atoms with van der Waals surface area (Å²) in [5.74, 6) is 0.744. The van der Waals surface area contributed by atoms with Crippen LogP contribution in [0, 0.1) is 0 Å². The number of anilines is 2. The Balaban J connectivity index is 1.68. The highest BCUT2D eigenvalue weighted by Crippen LogP contribution is 2.28. The van der Waals surface area contributed by atoms with Crippen molar-refractivity contribution < 1.29 is 9.53 Å². The Labute approximate surface area is 137 Å². The van der Waals surface area contributed by atoms with Crippen molar-refractivity contribution in [3.8, 4) is 16.3 Å². The van der Waals surface area contributed by atoms with Crippen LogP contribution in [0.4, 0.5) is 15.6 Å². The van der Waals surface area contributed by atoms with Crippen LogP contribution in [-0.4, -0.2) is 23.3 Å². The van der Waals surface area contributed by atoms with Crippen LogP contribution >= 0.6 is 11.3 Å². The molecule has 0 aliphatic carbocycles. The third-order valence-corrected chi connectivity index (χ3v) is 3.88. The van der Waals surface area contributed by atoms with E-state index in [1.807, 2.05) is 42.5 Å². The number of amides is 2. The summed E-state index contributed by atoms with van der Waals surface area (Å²) in [6.45, 7) is 0. The lowest BCUT2D eigenvalue weighted by atomic mass is 10.2. The van der Waals surface area contributed by atoms with Crippen molar-refractivity contribution in [1.29, 1.82) is 0 Å². The van der Waals surface area contributed by atoms with E-state index in [0.29, 0.717) is 15.8 Å². The summed E-state index contributed by atoms with van der Waals surface area (Å²) in [5.41, 5.74) is 1.60. The monoisotopic (exact) mass is 326 g/mol. The van der Waals surface area contributed by atoms with Gasteiger partial charge in [0.1, 0.15) is 10.8 Å². The van der Waals surface area contributed by atoms with Crippen molar-refractivity contribution in [2.24, 2.45) is 0 Å². The van der Waals surface area contributed by atoms with E-state index in [4.69, 9.17) is 4.74 Å². The molecule has 2 N–H and O–H groups in total. The molecule has 0 saturated heterocycles. The number of para-hydroxylation sites is 1. The molecule has 0 fully saturated rings. The molecule has 0 spiro atoms. The quantitative estimate of drug-likeness (QED) is 0.763. The number of rotatable bonds is 4. The summed E-state index contributed by atoms with van der Waals surface area (Å²) in [4.78, 5) is 11.9. The summed E-state index contributed by atoms with van der Waals surface area (Å²) < 4.78 is 5.19. The Hall–Kier alpha value is -2.93. The first-order valence-electron chi connectivity index (χ1n) is 6.85. The van der Waals surface area contributed by atoms with Crippen LogP contribution in [0.5, 0.6) is 5.75 Å². The number of carbonyl (C=O) groups is 1. The maximum atomic E-state index is 11.9. The number of methoxy groups -OCH3 is 1. The molecule has 0 aliphatic heterocycles. The SMILES string of the molecule is COc1cccc(-c2nnc(NC(=O)Nc3ccccc3)s2)c1. The highest BCUT2D eigenvalue weighted by atomic mass is 32.1. The molecule has 2 aromatic carbocycles. The minimum atomic E-state index is -0.357. The number of urea groups is 1. The van der Waals surface area contributed by atoms with Gasteiger partial charge < -0.3 is 10.1 Å². The second kappa shape index (κ2) is 6.89. The molecular formula is C16H14N4O2S. The molecule has 0 bridgehead atoms. The van der Waals surface area contributed by atoms with Gasteiger partial charge in [0.15, 0.2) is 0 Å². The standard InChI is InChI=1S/C16H14N4O2S/c1-22-13-9-5-6-11(10-13)14-19-20-16(23-14)18-15(21)17-12-7-3-2-4-8-12/h2-10H,1H3,(H2,17,18,20,21). The van der Waals surface area contributed by atoms with Crippen LogP contribution in [0.3, 0.4) is 0 Å². The number of nitrogens with one attached hydrogen (secondary N) is 2. The molecular weight excluding hydrogens is 312 g/mol. The predicted molar refractivity (Wildman–Crippen MR) is 91.0 cm³/mol. The van der Waals surface area contributed by atoms with Crippen LogP contribution in [0.1, 0.15) is 0 Å². The van der Waals surface area contributed by atoms with Crippen LogP contribution < -0.4 is 15.4 Å². The maximum Gasteiger partial charge on any atom is 0.325 e. The van der Waals surface area contributed by atoms with Gasteiger partial charge in [0.25, 0.3) is 0 Å². The Bertz CT molecular complexity index is 805. The molecule has 0 unspecified atom stereocenters. The molecule has 116 valence electrons. The van der Waals surface area contributed by atoms with Gasteiger partial charge in [-0.15, -0.1) is 10.2 Å². The zero-order valence-electron chi connectivity index (χ0n) is 12.3. The number of hydrogen-bond donors (Lipinski definition) is 2. The molecule has 1 heterocycles. The maximum absolute atomic E-state index is 11.9. The molecule has 0 radical (unpaired) electrons. The smallest absolute Gasteiger partial charge is 0.325 e. The fraction of sp³-hybridized carbons (Fsp3) is 0.0625. The minimum Gasteiger partial charge on any atom is -0.497 e. The lowest BCUT2D eigenvalue weighted by Gasteiger charge is -2.04. The van der Waals surface area contributed by atoms with Gasteiger partial charge in [-0.3, -0.25) is 5.32 Å². The number of aromatic nitrogens is 2. The van der Waals surface area contributed by atoms with Crippen molar-refractivity contribution in [3.05, 3.63) is 54.6 Å². The summed E-state index contributed by atoms with van der Waals surface area (Å²) in [7, 11) is 1.61. The molecule has 23 heavy (non-hydrogen) atoms. The Morgan fingerprint density at radius 2 is 1.87 bits per heavy atom. The lowest BCUT2D eigenvalue weighted by molar-refractivity contribution is 0.262. The van der Waals surface area contributed by atoms with Gasteiger partial charge in [0, 0.05) is 11.3 Å². The Kier molecular flexibility index (Phi) is 4.49. The van der Waals surface area contributed by atoms with Gasteiger partial charge in [-0.25, -0.2) is 4.79 Å². The number of hydrogen-bond acceptors (Lipinski definition) is 5. The first kappa shape index (κ1) is 15.0. The second-order valence-electron chi connectivity index (χ2n) is 4.59. The fourth-order valence-corrected chi connectivity index (χ4v) is 2.66. The zero-order chi connectivity index (χ0) is 16.1.